The molecule has 0 amide bonds. The van der Waals surface area contributed by atoms with Gasteiger partial charge in [-0.3, -0.25) is 0 Å². The van der Waals surface area contributed by atoms with Gasteiger partial charge in [-0.1, -0.05) is 15.9 Å². The molecule has 1 aromatic heterocycles. The van der Waals surface area contributed by atoms with Crippen molar-refractivity contribution in [2.45, 2.75) is 13.5 Å². The highest BCUT2D eigenvalue weighted by atomic mass is 79.9. The Balaban J connectivity index is 2.04. The third kappa shape index (κ3) is 3.89. The van der Waals surface area contributed by atoms with Crippen molar-refractivity contribution in [1.29, 1.82) is 0 Å². The fraction of sp³-hybridized carbons (Fsp3) is 0.357. The van der Waals surface area contributed by atoms with E-state index in [0.717, 1.165) is 34.6 Å². The number of ether oxygens (including phenoxy) is 1. The maximum absolute atomic E-state index is 4.99. The van der Waals surface area contributed by atoms with Gasteiger partial charge >= 0.3 is 0 Å². The van der Waals surface area contributed by atoms with Crippen LogP contribution in [-0.4, -0.2) is 30.2 Å². The van der Waals surface area contributed by atoms with Crippen LogP contribution < -0.4 is 5.32 Å². The van der Waals surface area contributed by atoms with Gasteiger partial charge in [0.1, 0.15) is 5.82 Å². The minimum atomic E-state index is 0.715. The first-order valence-corrected chi connectivity index (χ1v) is 7.00. The lowest BCUT2D eigenvalue weighted by molar-refractivity contribution is 0.199. The van der Waals surface area contributed by atoms with Crippen LogP contribution in [0.15, 0.2) is 28.9 Å². The number of aromatic nitrogens is 2. The van der Waals surface area contributed by atoms with Crippen LogP contribution in [0.25, 0.3) is 11.4 Å². The summed E-state index contributed by atoms with van der Waals surface area (Å²) >= 11 is 3.47. The topological polar surface area (TPSA) is 49.9 Å². The minimum Gasteiger partial charge on any atom is -0.383 e. The Hall–Kier alpha value is -1.17. The molecule has 0 saturated heterocycles. The van der Waals surface area contributed by atoms with Crippen molar-refractivity contribution < 1.29 is 4.74 Å². The number of halogens is 1. The van der Waals surface area contributed by atoms with E-state index in [1.165, 1.54) is 5.56 Å². The van der Waals surface area contributed by atoms with Crippen molar-refractivity contribution in [3.05, 3.63) is 40.1 Å². The van der Waals surface area contributed by atoms with Gasteiger partial charge in [0.05, 0.1) is 6.61 Å². The summed E-state index contributed by atoms with van der Waals surface area (Å²) < 4.78 is 6.07. The molecule has 0 saturated carbocycles. The molecule has 4 nitrogen and oxygen atoms in total. The van der Waals surface area contributed by atoms with Crippen molar-refractivity contribution in [2.24, 2.45) is 0 Å². The van der Waals surface area contributed by atoms with E-state index in [2.05, 4.69) is 50.3 Å². The zero-order valence-corrected chi connectivity index (χ0v) is 12.8. The SMILES string of the molecule is COCCNCc1cnc(-c2ccc(Br)cc2C)[nH]1. The van der Waals surface area contributed by atoms with Crippen molar-refractivity contribution in [2.75, 3.05) is 20.3 Å². The van der Waals surface area contributed by atoms with Crippen molar-refractivity contribution >= 4 is 15.9 Å². The first-order valence-electron chi connectivity index (χ1n) is 6.21. The zero-order chi connectivity index (χ0) is 13.7. The number of H-pyrrole nitrogens is 1. The molecule has 0 radical (unpaired) electrons. The minimum absolute atomic E-state index is 0.715. The molecular formula is C14H18BrN3O. The highest BCUT2D eigenvalue weighted by Gasteiger charge is 2.06. The quantitative estimate of drug-likeness (QED) is 0.804. The lowest BCUT2D eigenvalue weighted by Gasteiger charge is -2.03. The fourth-order valence-electron chi connectivity index (χ4n) is 1.88. The average molecular weight is 324 g/mol. The van der Waals surface area contributed by atoms with Crippen LogP contribution in [-0.2, 0) is 11.3 Å². The Bertz CT molecular complexity index is 539. The second kappa shape index (κ2) is 6.84. The predicted octanol–water partition coefficient (Wildman–Crippen LogP) is 2.88. The van der Waals surface area contributed by atoms with E-state index in [0.29, 0.717) is 6.61 Å². The van der Waals surface area contributed by atoms with Gasteiger partial charge in [-0.05, 0) is 30.7 Å². The van der Waals surface area contributed by atoms with Crippen LogP contribution >= 0.6 is 15.9 Å². The maximum atomic E-state index is 4.99. The maximum Gasteiger partial charge on any atom is 0.137 e. The second-order valence-corrected chi connectivity index (χ2v) is 5.30. The number of nitrogens with one attached hydrogen (secondary N) is 2. The summed E-state index contributed by atoms with van der Waals surface area (Å²) in [7, 11) is 1.70. The Morgan fingerprint density at radius 2 is 2.26 bits per heavy atom. The summed E-state index contributed by atoms with van der Waals surface area (Å²) in [6.45, 7) is 4.40. The lowest BCUT2D eigenvalue weighted by Crippen LogP contribution is -2.18. The summed E-state index contributed by atoms with van der Waals surface area (Å²) in [4.78, 5) is 7.77. The Kier molecular flexibility index (Phi) is 5.13. The van der Waals surface area contributed by atoms with Gasteiger partial charge in [-0.2, -0.15) is 0 Å². The number of hydrogen-bond acceptors (Lipinski definition) is 3. The first kappa shape index (κ1) is 14.2. The molecule has 19 heavy (non-hydrogen) atoms. The molecule has 0 spiro atoms. The number of benzene rings is 1. The number of nitrogens with zero attached hydrogens (tertiary/aromatic N) is 1. The molecule has 1 heterocycles. The van der Waals surface area contributed by atoms with Gasteiger partial charge in [0.2, 0.25) is 0 Å². The van der Waals surface area contributed by atoms with Gasteiger partial charge in [0.25, 0.3) is 0 Å². The third-order valence-corrected chi connectivity index (χ3v) is 3.36. The lowest BCUT2D eigenvalue weighted by atomic mass is 10.1. The van der Waals surface area contributed by atoms with E-state index in [1.807, 2.05) is 12.3 Å². The van der Waals surface area contributed by atoms with Crippen molar-refractivity contribution in [3.63, 3.8) is 0 Å². The van der Waals surface area contributed by atoms with E-state index < -0.39 is 0 Å². The smallest absolute Gasteiger partial charge is 0.137 e. The standard InChI is InChI=1S/C14H18BrN3O/c1-10-7-11(15)3-4-13(10)14-17-9-12(18-14)8-16-5-6-19-2/h3-4,7,9,16H,5-6,8H2,1-2H3,(H,17,18). The van der Waals surface area contributed by atoms with Crippen LogP contribution in [0.2, 0.25) is 0 Å². The molecule has 0 atom stereocenters. The molecule has 0 aliphatic heterocycles. The van der Waals surface area contributed by atoms with Crippen molar-refractivity contribution in [3.8, 4) is 11.4 Å². The average Bonchev–Trinajstić information content (AvgIpc) is 2.83. The molecule has 102 valence electrons. The summed E-state index contributed by atoms with van der Waals surface area (Å²) in [5.41, 5.74) is 3.40. The third-order valence-electron chi connectivity index (χ3n) is 2.87. The molecular weight excluding hydrogens is 306 g/mol. The van der Waals surface area contributed by atoms with Gasteiger partial charge in [0, 0.05) is 42.1 Å². The van der Waals surface area contributed by atoms with Crippen LogP contribution in [0.1, 0.15) is 11.3 Å². The van der Waals surface area contributed by atoms with Gasteiger partial charge in [0.15, 0.2) is 0 Å². The summed E-state index contributed by atoms with van der Waals surface area (Å²) in [5, 5.41) is 3.29. The van der Waals surface area contributed by atoms with Gasteiger partial charge in [-0.25, -0.2) is 4.98 Å². The number of hydrogen-bond donors (Lipinski definition) is 2. The normalized spacial score (nSPS) is 10.9. The zero-order valence-electron chi connectivity index (χ0n) is 11.2. The van der Waals surface area contributed by atoms with Crippen LogP contribution in [0.3, 0.4) is 0 Å². The summed E-state index contributed by atoms with van der Waals surface area (Å²) in [6.07, 6.45) is 1.87. The number of methoxy groups -OCH3 is 1. The Morgan fingerprint density at radius 3 is 3.00 bits per heavy atom. The molecule has 1 aromatic carbocycles. The molecule has 2 N–H and O–H groups in total. The first-order chi connectivity index (χ1) is 9.20. The Labute approximate surface area is 121 Å². The summed E-state index contributed by atoms with van der Waals surface area (Å²) in [5.74, 6) is 0.911. The number of aryl methyl sites for hydroxylation is 1. The predicted molar refractivity (Wildman–Crippen MR) is 80.0 cm³/mol. The van der Waals surface area contributed by atoms with Crippen LogP contribution in [0, 0.1) is 6.92 Å². The number of aromatic amines is 1. The molecule has 2 aromatic rings. The van der Waals surface area contributed by atoms with Gasteiger partial charge in [-0.15, -0.1) is 0 Å². The Morgan fingerprint density at radius 1 is 1.42 bits per heavy atom. The second-order valence-electron chi connectivity index (χ2n) is 4.39. The van der Waals surface area contributed by atoms with E-state index in [4.69, 9.17) is 4.74 Å². The molecule has 0 aliphatic rings. The monoisotopic (exact) mass is 323 g/mol. The molecule has 0 aliphatic carbocycles. The highest BCUT2D eigenvalue weighted by Crippen LogP contribution is 2.23. The fourth-order valence-corrected chi connectivity index (χ4v) is 2.35. The molecule has 2 rings (SSSR count). The van der Waals surface area contributed by atoms with E-state index in [-0.39, 0.29) is 0 Å². The van der Waals surface area contributed by atoms with E-state index >= 15 is 0 Å². The molecule has 0 bridgehead atoms. The molecule has 0 unspecified atom stereocenters. The van der Waals surface area contributed by atoms with E-state index in [1.54, 1.807) is 7.11 Å². The van der Waals surface area contributed by atoms with Crippen molar-refractivity contribution in [1.82, 2.24) is 15.3 Å². The van der Waals surface area contributed by atoms with Gasteiger partial charge < -0.3 is 15.0 Å². The molecule has 5 heteroatoms. The van der Waals surface area contributed by atoms with E-state index in [9.17, 15) is 0 Å². The van der Waals surface area contributed by atoms with Crippen LogP contribution in [0.5, 0.6) is 0 Å². The highest BCUT2D eigenvalue weighted by molar-refractivity contribution is 9.10. The molecule has 0 fully saturated rings. The van der Waals surface area contributed by atoms with Crippen LogP contribution in [0.4, 0.5) is 0 Å². The number of rotatable bonds is 6. The number of imidazole rings is 1. The largest absolute Gasteiger partial charge is 0.383 e. The summed E-state index contributed by atoms with van der Waals surface area (Å²) in [6, 6.07) is 6.19.